The summed E-state index contributed by atoms with van der Waals surface area (Å²) >= 11 is 0. The van der Waals surface area contributed by atoms with E-state index in [1.807, 2.05) is 11.0 Å². The van der Waals surface area contributed by atoms with Crippen molar-refractivity contribution >= 4 is 17.3 Å². The van der Waals surface area contributed by atoms with Crippen molar-refractivity contribution in [2.75, 3.05) is 18.4 Å². The summed E-state index contributed by atoms with van der Waals surface area (Å²) < 4.78 is 0. The van der Waals surface area contributed by atoms with Crippen LogP contribution in [0.15, 0.2) is 36.7 Å². The van der Waals surface area contributed by atoms with Gasteiger partial charge >= 0.3 is 0 Å². The second-order valence-corrected chi connectivity index (χ2v) is 7.02. The molecule has 1 aromatic heterocycles. The van der Waals surface area contributed by atoms with Gasteiger partial charge in [0.25, 0.3) is 5.91 Å². The lowest BCUT2D eigenvalue weighted by Crippen LogP contribution is -2.37. The Bertz CT molecular complexity index is 749. The fourth-order valence-electron chi connectivity index (χ4n) is 3.37. The van der Waals surface area contributed by atoms with Crippen molar-refractivity contribution in [3.8, 4) is 0 Å². The van der Waals surface area contributed by atoms with Gasteiger partial charge in [-0.15, -0.1) is 0 Å². The van der Waals surface area contributed by atoms with E-state index in [0.29, 0.717) is 11.5 Å². The van der Waals surface area contributed by atoms with Gasteiger partial charge in [-0.1, -0.05) is 32.0 Å². The number of nitrogens with zero attached hydrogens (tertiary/aromatic N) is 2. The predicted molar refractivity (Wildman–Crippen MR) is 102 cm³/mol. The lowest BCUT2D eigenvalue weighted by atomic mass is 9.99. The Kier molecular flexibility index (Phi) is 5.37. The highest BCUT2D eigenvalue weighted by atomic mass is 16.2. The molecule has 1 saturated heterocycles. The average Bonchev–Trinajstić information content (AvgIpc) is 2.63. The van der Waals surface area contributed by atoms with Gasteiger partial charge in [-0.05, 0) is 49.3 Å². The van der Waals surface area contributed by atoms with E-state index in [9.17, 15) is 4.79 Å². The molecule has 0 bridgehead atoms. The number of benzene rings is 1. The highest BCUT2D eigenvalue weighted by Crippen LogP contribution is 2.26. The van der Waals surface area contributed by atoms with E-state index in [-0.39, 0.29) is 5.91 Å². The van der Waals surface area contributed by atoms with Crippen molar-refractivity contribution in [3.63, 3.8) is 0 Å². The number of carbonyl (C=O) groups excluding carboxylic acids is 1. The number of aromatic nitrogens is 1. The molecule has 1 aliphatic rings. The first-order chi connectivity index (χ1) is 12.1. The Morgan fingerprint density at radius 3 is 2.76 bits per heavy atom. The average molecular weight is 337 g/mol. The number of likely N-dealkylation sites (tertiary alicyclic amines) is 1. The topological polar surface area (TPSA) is 45.2 Å². The number of amides is 1. The molecule has 0 unspecified atom stereocenters. The Balaban J connectivity index is 1.79. The Labute approximate surface area is 150 Å². The van der Waals surface area contributed by atoms with Crippen LogP contribution in [0.3, 0.4) is 0 Å². The zero-order valence-electron chi connectivity index (χ0n) is 15.4. The fraction of sp³-hybridized carbons (Fsp3) is 0.429. The van der Waals surface area contributed by atoms with Gasteiger partial charge < -0.3 is 10.2 Å². The number of piperidine rings is 1. The molecule has 3 rings (SSSR count). The molecule has 0 spiro atoms. The molecule has 0 atom stereocenters. The number of carbonyl (C=O) groups is 1. The van der Waals surface area contributed by atoms with Crippen molar-refractivity contribution in [2.24, 2.45) is 5.92 Å². The standard InChI is InChI=1S/C21H27N3O/c1-4-17-7-5-6-16(3)20(17)23-19-12-18(13-22-14-19)21(25)24-10-8-15(2)9-11-24/h5-7,12-15,23H,4,8-11H2,1-3H3. The summed E-state index contributed by atoms with van der Waals surface area (Å²) in [5.41, 5.74) is 5.09. The SMILES string of the molecule is CCc1cccc(C)c1Nc1cncc(C(=O)N2CCC(C)CC2)c1. The first-order valence-electron chi connectivity index (χ1n) is 9.18. The summed E-state index contributed by atoms with van der Waals surface area (Å²) in [6, 6.07) is 8.22. The fourth-order valence-corrected chi connectivity index (χ4v) is 3.37. The van der Waals surface area contributed by atoms with E-state index >= 15 is 0 Å². The van der Waals surface area contributed by atoms with Gasteiger partial charge in [0.05, 0.1) is 17.4 Å². The van der Waals surface area contributed by atoms with Crippen LogP contribution in [0.5, 0.6) is 0 Å². The summed E-state index contributed by atoms with van der Waals surface area (Å²) in [4.78, 5) is 19.0. The highest BCUT2D eigenvalue weighted by molar-refractivity contribution is 5.95. The van der Waals surface area contributed by atoms with E-state index in [1.54, 1.807) is 12.4 Å². The number of rotatable bonds is 4. The van der Waals surface area contributed by atoms with Crippen LogP contribution in [-0.2, 0) is 6.42 Å². The summed E-state index contributed by atoms with van der Waals surface area (Å²) in [6.45, 7) is 8.18. The maximum Gasteiger partial charge on any atom is 0.255 e. The second-order valence-electron chi connectivity index (χ2n) is 7.02. The first-order valence-corrected chi connectivity index (χ1v) is 9.18. The van der Waals surface area contributed by atoms with Crippen molar-refractivity contribution in [2.45, 2.75) is 40.0 Å². The molecular formula is C21H27N3O. The summed E-state index contributed by atoms with van der Waals surface area (Å²) in [7, 11) is 0. The largest absolute Gasteiger partial charge is 0.354 e. The molecule has 4 nitrogen and oxygen atoms in total. The van der Waals surface area contributed by atoms with Crippen LogP contribution >= 0.6 is 0 Å². The van der Waals surface area contributed by atoms with Gasteiger partial charge in [0.15, 0.2) is 0 Å². The van der Waals surface area contributed by atoms with Crippen molar-refractivity contribution < 1.29 is 4.79 Å². The number of pyridine rings is 1. The molecule has 132 valence electrons. The van der Waals surface area contributed by atoms with Gasteiger partial charge in [0, 0.05) is 25.0 Å². The first kappa shape index (κ1) is 17.5. The number of hydrogen-bond donors (Lipinski definition) is 1. The molecule has 1 N–H and O–H groups in total. The molecule has 1 amide bonds. The summed E-state index contributed by atoms with van der Waals surface area (Å²) in [5.74, 6) is 0.798. The van der Waals surface area contributed by atoms with E-state index in [4.69, 9.17) is 0 Å². The van der Waals surface area contributed by atoms with Gasteiger partial charge in [0.2, 0.25) is 0 Å². The zero-order chi connectivity index (χ0) is 17.8. The number of nitrogens with one attached hydrogen (secondary N) is 1. The number of para-hydroxylation sites is 1. The van der Waals surface area contributed by atoms with Crippen LogP contribution in [0.4, 0.5) is 11.4 Å². The minimum absolute atomic E-state index is 0.0866. The van der Waals surface area contributed by atoms with E-state index in [1.165, 1.54) is 11.1 Å². The van der Waals surface area contributed by atoms with Crippen molar-refractivity contribution in [3.05, 3.63) is 53.3 Å². The lowest BCUT2D eigenvalue weighted by molar-refractivity contribution is 0.0697. The van der Waals surface area contributed by atoms with Gasteiger partial charge in [-0.25, -0.2) is 0 Å². The third-order valence-corrected chi connectivity index (χ3v) is 5.07. The van der Waals surface area contributed by atoms with Crippen LogP contribution < -0.4 is 5.32 Å². The smallest absolute Gasteiger partial charge is 0.255 e. The van der Waals surface area contributed by atoms with Crippen LogP contribution in [0, 0.1) is 12.8 Å². The molecule has 0 saturated carbocycles. The molecule has 0 aliphatic carbocycles. The van der Waals surface area contributed by atoms with Crippen molar-refractivity contribution in [1.29, 1.82) is 0 Å². The minimum Gasteiger partial charge on any atom is -0.354 e. The minimum atomic E-state index is 0.0866. The summed E-state index contributed by atoms with van der Waals surface area (Å²) in [6.07, 6.45) is 6.58. The Hall–Kier alpha value is -2.36. The third-order valence-electron chi connectivity index (χ3n) is 5.07. The summed E-state index contributed by atoms with van der Waals surface area (Å²) in [5, 5.41) is 3.46. The Morgan fingerprint density at radius 2 is 2.04 bits per heavy atom. The normalized spacial score (nSPS) is 15.2. The lowest BCUT2D eigenvalue weighted by Gasteiger charge is -2.30. The van der Waals surface area contributed by atoms with Crippen LogP contribution in [-0.4, -0.2) is 28.9 Å². The molecular weight excluding hydrogens is 310 g/mol. The molecule has 4 heteroatoms. The van der Waals surface area contributed by atoms with Crippen LogP contribution in [0.2, 0.25) is 0 Å². The maximum atomic E-state index is 12.8. The number of anilines is 2. The molecule has 0 radical (unpaired) electrons. The van der Waals surface area contributed by atoms with E-state index in [0.717, 1.165) is 43.7 Å². The van der Waals surface area contributed by atoms with Crippen LogP contribution in [0.1, 0.15) is 48.2 Å². The van der Waals surface area contributed by atoms with Gasteiger partial charge in [-0.3, -0.25) is 9.78 Å². The molecule has 1 fully saturated rings. The quantitative estimate of drug-likeness (QED) is 0.889. The number of hydrogen-bond acceptors (Lipinski definition) is 3. The zero-order valence-corrected chi connectivity index (χ0v) is 15.4. The maximum absolute atomic E-state index is 12.8. The van der Waals surface area contributed by atoms with E-state index < -0.39 is 0 Å². The predicted octanol–water partition coefficient (Wildman–Crippen LogP) is 4.57. The molecule has 2 aromatic rings. The third kappa shape index (κ3) is 4.01. The van der Waals surface area contributed by atoms with E-state index in [2.05, 4.69) is 49.3 Å². The molecule has 1 aromatic carbocycles. The second kappa shape index (κ2) is 7.68. The highest BCUT2D eigenvalue weighted by Gasteiger charge is 2.21. The Morgan fingerprint density at radius 1 is 1.28 bits per heavy atom. The van der Waals surface area contributed by atoms with Gasteiger partial charge in [0.1, 0.15) is 0 Å². The molecule has 25 heavy (non-hydrogen) atoms. The van der Waals surface area contributed by atoms with Crippen molar-refractivity contribution in [1.82, 2.24) is 9.88 Å². The molecule has 2 heterocycles. The number of aryl methyl sites for hydroxylation is 2. The monoisotopic (exact) mass is 337 g/mol. The molecule has 1 aliphatic heterocycles. The van der Waals surface area contributed by atoms with Gasteiger partial charge in [-0.2, -0.15) is 0 Å². The van der Waals surface area contributed by atoms with Crippen LogP contribution in [0.25, 0.3) is 0 Å².